The molecule has 0 saturated heterocycles. The molecule has 0 atom stereocenters. The van der Waals surface area contributed by atoms with Crippen LogP contribution in [0.4, 0.5) is 18.9 Å². The molecular formula is C11H12ClF3N2O3. The summed E-state index contributed by atoms with van der Waals surface area (Å²) < 4.78 is 37.1. The zero-order chi connectivity index (χ0) is 15.3. The lowest BCUT2D eigenvalue weighted by Crippen LogP contribution is -2.35. The monoisotopic (exact) mass is 312 g/mol. The highest BCUT2D eigenvalue weighted by Gasteiger charge is 2.30. The van der Waals surface area contributed by atoms with Gasteiger partial charge in [-0.2, -0.15) is 13.2 Å². The fraction of sp³-hybridized carbons (Fsp3) is 0.455. The average molecular weight is 313 g/mol. The van der Waals surface area contributed by atoms with E-state index in [0.29, 0.717) is 0 Å². The number of aliphatic hydroxyl groups is 1. The molecule has 0 aliphatic rings. The summed E-state index contributed by atoms with van der Waals surface area (Å²) in [5, 5.41) is 19.5. The Morgan fingerprint density at radius 1 is 1.40 bits per heavy atom. The Bertz CT molecular complexity index is 482. The highest BCUT2D eigenvalue weighted by molar-refractivity contribution is 6.31. The Kier molecular flexibility index (Phi) is 5.73. The van der Waals surface area contributed by atoms with Crippen LogP contribution < -0.4 is 0 Å². The Morgan fingerprint density at radius 2 is 2.05 bits per heavy atom. The summed E-state index contributed by atoms with van der Waals surface area (Å²) in [5.74, 6) is 0. The van der Waals surface area contributed by atoms with E-state index in [9.17, 15) is 23.3 Å². The first-order valence-corrected chi connectivity index (χ1v) is 5.93. The third-order valence-electron chi connectivity index (χ3n) is 2.45. The SMILES string of the molecule is O=[N+]([O-])c1ccc(Cl)c(CN(CCO)CC(F)(F)F)c1. The lowest BCUT2D eigenvalue weighted by molar-refractivity contribution is -0.384. The van der Waals surface area contributed by atoms with Crippen molar-refractivity contribution in [3.05, 3.63) is 38.9 Å². The number of benzene rings is 1. The number of hydrogen-bond acceptors (Lipinski definition) is 4. The third kappa shape index (κ3) is 5.32. The molecule has 0 aromatic heterocycles. The van der Waals surface area contributed by atoms with E-state index < -0.39 is 24.3 Å². The van der Waals surface area contributed by atoms with Crippen LogP contribution in [0, 0.1) is 10.1 Å². The van der Waals surface area contributed by atoms with Crippen molar-refractivity contribution in [1.82, 2.24) is 4.90 Å². The van der Waals surface area contributed by atoms with E-state index in [0.717, 1.165) is 11.0 Å². The van der Waals surface area contributed by atoms with Crippen LogP contribution in [0.5, 0.6) is 0 Å². The second-order valence-electron chi connectivity index (χ2n) is 4.08. The van der Waals surface area contributed by atoms with Gasteiger partial charge in [0.1, 0.15) is 0 Å². The van der Waals surface area contributed by atoms with Gasteiger partial charge in [0.2, 0.25) is 0 Å². The molecule has 1 aromatic carbocycles. The van der Waals surface area contributed by atoms with E-state index in [1.165, 1.54) is 12.1 Å². The smallest absolute Gasteiger partial charge is 0.395 e. The number of nitro benzene ring substituents is 1. The van der Waals surface area contributed by atoms with Crippen LogP contribution in [-0.2, 0) is 6.54 Å². The minimum Gasteiger partial charge on any atom is -0.395 e. The van der Waals surface area contributed by atoms with E-state index >= 15 is 0 Å². The second-order valence-corrected chi connectivity index (χ2v) is 4.49. The van der Waals surface area contributed by atoms with Gasteiger partial charge in [0.25, 0.3) is 5.69 Å². The van der Waals surface area contributed by atoms with E-state index in [1.54, 1.807) is 0 Å². The number of nitro groups is 1. The summed E-state index contributed by atoms with van der Waals surface area (Å²) in [7, 11) is 0. The molecule has 20 heavy (non-hydrogen) atoms. The zero-order valence-corrected chi connectivity index (χ0v) is 11.0. The Hall–Kier alpha value is -1.38. The summed E-state index contributed by atoms with van der Waals surface area (Å²) in [6.45, 7) is -2.13. The minimum absolute atomic E-state index is 0.140. The number of rotatable bonds is 6. The Morgan fingerprint density at radius 3 is 2.55 bits per heavy atom. The second kappa shape index (κ2) is 6.87. The lowest BCUT2D eigenvalue weighted by atomic mass is 10.2. The molecule has 0 aliphatic carbocycles. The van der Waals surface area contributed by atoms with E-state index in [2.05, 4.69) is 0 Å². The van der Waals surface area contributed by atoms with Crippen LogP contribution in [-0.4, -0.2) is 40.8 Å². The zero-order valence-electron chi connectivity index (χ0n) is 10.2. The van der Waals surface area contributed by atoms with Crippen LogP contribution >= 0.6 is 11.6 Å². The van der Waals surface area contributed by atoms with Gasteiger partial charge in [-0.25, -0.2) is 0 Å². The molecule has 1 aromatic rings. The summed E-state index contributed by atoms with van der Waals surface area (Å²) in [4.78, 5) is 10.9. The molecule has 0 bridgehead atoms. The first-order valence-electron chi connectivity index (χ1n) is 5.55. The van der Waals surface area contributed by atoms with Crippen molar-refractivity contribution in [2.45, 2.75) is 12.7 Å². The molecule has 0 unspecified atom stereocenters. The fourth-order valence-corrected chi connectivity index (χ4v) is 1.82. The van der Waals surface area contributed by atoms with Gasteiger partial charge in [-0.3, -0.25) is 15.0 Å². The molecule has 0 spiro atoms. The van der Waals surface area contributed by atoms with Gasteiger partial charge in [-0.1, -0.05) is 11.6 Å². The number of nitrogens with zero attached hydrogens (tertiary/aromatic N) is 2. The topological polar surface area (TPSA) is 66.6 Å². The number of non-ortho nitro benzene ring substituents is 1. The summed E-state index contributed by atoms with van der Waals surface area (Å²) >= 11 is 5.82. The van der Waals surface area contributed by atoms with Crippen molar-refractivity contribution >= 4 is 17.3 Å². The molecular weight excluding hydrogens is 301 g/mol. The minimum atomic E-state index is -4.43. The first-order chi connectivity index (χ1) is 9.23. The fourth-order valence-electron chi connectivity index (χ4n) is 1.65. The van der Waals surface area contributed by atoms with Crippen molar-refractivity contribution in [3.8, 4) is 0 Å². The molecule has 0 aliphatic heterocycles. The molecule has 9 heteroatoms. The van der Waals surface area contributed by atoms with Gasteiger partial charge in [0.05, 0.1) is 18.1 Å². The van der Waals surface area contributed by atoms with Crippen LogP contribution in [0.1, 0.15) is 5.56 Å². The first kappa shape index (κ1) is 16.7. The molecule has 0 heterocycles. The molecule has 1 N–H and O–H groups in total. The van der Waals surface area contributed by atoms with E-state index in [1.807, 2.05) is 0 Å². The highest BCUT2D eigenvalue weighted by Crippen LogP contribution is 2.25. The quantitative estimate of drug-likeness (QED) is 0.647. The van der Waals surface area contributed by atoms with Gasteiger partial charge in [-0.15, -0.1) is 0 Å². The van der Waals surface area contributed by atoms with Gasteiger partial charge in [0.15, 0.2) is 0 Å². The van der Waals surface area contributed by atoms with Crippen molar-refractivity contribution in [2.24, 2.45) is 0 Å². The van der Waals surface area contributed by atoms with E-state index in [4.69, 9.17) is 16.7 Å². The molecule has 0 radical (unpaired) electrons. The molecule has 112 valence electrons. The summed E-state index contributed by atoms with van der Waals surface area (Å²) in [6.07, 6.45) is -4.43. The van der Waals surface area contributed by atoms with Gasteiger partial charge < -0.3 is 5.11 Å². The molecule has 0 amide bonds. The molecule has 0 fully saturated rings. The predicted molar refractivity (Wildman–Crippen MR) is 66.5 cm³/mol. The van der Waals surface area contributed by atoms with Crippen molar-refractivity contribution in [3.63, 3.8) is 0 Å². The maximum absolute atomic E-state index is 12.4. The normalized spacial score (nSPS) is 11.9. The maximum atomic E-state index is 12.4. The highest BCUT2D eigenvalue weighted by atomic mass is 35.5. The van der Waals surface area contributed by atoms with E-state index in [-0.39, 0.29) is 29.4 Å². The number of hydrogen-bond donors (Lipinski definition) is 1. The number of halogens is 4. The van der Waals surface area contributed by atoms with Crippen molar-refractivity contribution in [2.75, 3.05) is 19.7 Å². The summed E-state index contributed by atoms with van der Waals surface area (Å²) in [5.41, 5.74) is -0.0427. The Balaban J connectivity index is 2.92. The van der Waals surface area contributed by atoms with Gasteiger partial charge >= 0.3 is 6.18 Å². The largest absolute Gasteiger partial charge is 0.401 e. The maximum Gasteiger partial charge on any atom is 0.401 e. The number of aliphatic hydroxyl groups excluding tert-OH is 1. The summed E-state index contributed by atoms with van der Waals surface area (Å²) in [6, 6.07) is 3.56. The lowest BCUT2D eigenvalue weighted by Gasteiger charge is -2.23. The van der Waals surface area contributed by atoms with Crippen molar-refractivity contribution < 1.29 is 23.2 Å². The van der Waals surface area contributed by atoms with Crippen LogP contribution in [0.3, 0.4) is 0 Å². The Labute approximate surface area is 117 Å². The molecule has 5 nitrogen and oxygen atoms in total. The standard InChI is InChI=1S/C11H12ClF3N2O3/c12-10-2-1-9(17(19)20)5-8(10)6-16(3-4-18)7-11(13,14)15/h1-2,5,18H,3-4,6-7H2. The van der Waals surface area contributed by atoms with Crippen LogP contribution in [0.15, 0.2) is 18.2 Å². The molecule has 1 rings (SSSR count). The van der Waals surface area contributed by atoms with Crippen molar-refractivity contribution in [1.29, 1.82) is 0 Å². The predicted octanol–water partition coefficient (Wildman–Crippen LogP) is 2.60. The molecule has 0 saturated carbocycles. The number of alkyl halides is 3. The van der Waals surface area contributed by atoms with Gasteiger partial charge in [-0.05, 0) is 11.6 Å². The third-order valence-corrected chi connectivity index (χ3v) is 2.82. The van der Waals surface area contributed by atoms with Crippen LogP contribution in [0.25, 0.3) is 0 Å². The van der Waals surface area contributed by atoms with Gasteiger partial charge in [0, 0.05) is 30.2 Å². The van der Waals surface area contributed by atoms with Crippen LogP contribution in [0.2, 0.25) is 5.02 Å². The average Bonchev–Trinajstić information content (AvgIpc) is 2.29.